The highest BCUT2D eigenvalue weighted by Gasteiger charge is 2.12. The van der Waals surface area contributed by atoms with Gasteiger partial charge < -0.3 is 10.0 Å². The Morgan fingerprint density at radius 3 is 1.71 bits per heavy atom. The fraction of sp³-hybridized carbons (Fsp3) is 0.0357. The molecule has 1 N–H and O–H groups in total. The number of anilines is 3. The SMILES string of the molecule is Cc1ccc(-c2ccc(N(c3ccccc3)c3ccc(C=CC(=O)O)cc3)cc2)cc1. The molecule has 4 aromatic carbocycles. The van der Waals surface area contributed by atoms with E-state index in [0.717, 1.165) is 28.7 Å². The molecule has 4 aromatic rings. The predicted molar refractivity (Wildman–Crippen MR) is 128 cm³/mol. The van der Waals surface area contributed by atoms with Gasteiger partial charge in [-0.3, -0.25) is 0 Å². The normalized spacial score (nSPS) is 10.9. The largest absolute Gasteiger partial charge is 0.478 e. The summed E-state index contributed by atoms with van der Waals surface area (Å²) < 4.78 is 0. The average Bonchev–Trinajstić information content (AvgIpc) is 2.80. The van der Waals surface area contributed by atoms with Crippen LogP contribution < -0.4 is 4.90 Å². The lowest BCUT2D eigenvalue weighted by Crippen LogP contribution is -2.09. The number of carboxylic acid groups (broad SMARTS) is 1. The van der Waals surface area contributed by atoms with E-state index in [1.807, 2.05) is 42.5 Å². The van der Waals surface area contributed by atoms with Crippen LogP contribution in [0.3, 0.4) is 0 Å². The van der Waals surface area contributed by atoms with Crippen molar-refractivity contribution < 1.29 is 9.90 Å². The summed E-state index contributed by atoms with van der Waals surface area (Å²) >= 11 is 0. The van der Waals surface area contributed by atoms with Gasteiger partial charge in [-0.1, -0.05) is 72.3 Å². The van der Waals surface area contributed by atoms with Gasteiger partial charge in [-0.25, -0.2) is 4.79 Å². The van der Waals surface area contributed by atoms with Gasteiger partial charge in [0, 0.05) is 23.1 Å². The molecule has 0 heterocycles. The lowest BCUT2D eigenvalue weighted by atomic mass is 10.0. The number of aliphatic carboxylic acids is 1. The zero-order valence-electron chi connectivity index (χ0n) is 17.3. The second-order valence-electron chi connectivity index (χ2n) is 7.35. The maximum atomic E-state index is 10.8. The summed E-state index contributed by atoms with van der Waals surface area (Å²) in [6.45, 7) is 2.09. The van der Waals surface area contributed by atoms with Crippen LogP contribution in [0.15, 0.2) is 109 Å². The molecule has 0 radical (unpaired) electrons. The summed E-state index contributed by atoms with van der Waals surface area (Å²) in [5, 5.41) is 8.84. The van der Waals surface area contributed by atoms with Gasteiger partial charge in [0.15, 0.2) is 0 Å². The molecule has 0 aromatic heterocycles. The Bertz CT molecular complexity index is 1180. The fourth-order valence-corrected chi connectivity index (χ4v) is 3.48. The van der Waals surface area contributed by atoms with Crippen molar-refractivity contribution in [2.24, 2.45) is 0 Å². The topological polar surface area (TPSA) is 40.5 Å². The first kappa shape index (κ1) is 20.2. The van der Waals surface area contributed by atoms with Gasteiger partial charge in [0.25, 0.3) is 0 Å². The van der Waals surface area contributed by atoms with Crippen molar-refractivity contribution in [2.75, 3.05) is 4.90 Å². The Morgan fingerprint density at radius 2 is 1.16 bits per heavy atom. The van der Waals surface area contributed by atoms with E-state index < -0.39 is 5.97 Å². The summed E-state index contributed by atoms with van der Waals surface area (Å²) in [6, 6.07) is 35.1. The van der Waals surface area contributed by atoms with Crippen LogP contribution in [-0.4, -0.2) is 11.1 Å². The van der Waals surface area contributed by atoms with Gasteiger partial charge in [-0.15, -0.1) is 0 Å². The zero-order valence-corrected chi connectivity index (χ0v) is 17.3. The molecule has 3 heteroatoms. The van der Waals surface area contributed by atoms with Crippen LogP contribution in [0.4, 0.5) is 17.1 Å². The molecule has 0 saturated carbocycles. The van der Waals surface area contributed by atoms with Crippen molar-refractivity contribution >= 4 is 29.1 Å². The minimum atomic E-state index is -0.955. The maximum Gasteiger partial charge on any atom is 0.328 e. The van der Waals surface area contributed by atoms with Crippen LogP contribution in [0.1, 0.15) is 11.1 Å². The lowest BCUT2D eigenvalue weighted by Gasteiger charge is -2.25. The molecule has 0 unspecified atom stereocenters. The first-order chi connectivity index (χ1) is 15.1. The molecule has 0 saturated heterocycles. The van der Waals surface area contributed by atoms with Gasteiger partial charge in [0.1, 0.15) is 0 Å². The highest BCUT2D eigenvalue weighted by atomic mass is 16.4. The van der Waals surface area contributed by atoms with Crippen molar-refractivity contribution in [2.45, 2.75) is 6.92 Å². The van der Waals surface area contributed by atoms with E-state index in [1.54, 1.807) is 6.08 Å². The first-order valence-corrected chi connectivity index (χ1v) is 10.1. The average molecular weight is 405 g/mol. The second kappa shape index (κ2) is 9.14. The molecule has 152 valence electrons. The molecule has 0 aliphatic carbocycles. The summed E-state index contributed by atoms with van der Waals surface area (Å²) in [5.41, 5.74) is 7.56. The molecule has 0 aliphatic rings. The monoisotopic (exact) mass is 405 g/mol. The van der Waals surface area contributed by atoms with Crippen LogP contribution >= 0.6 is 0 Å². The van der Waals surface area contributed by atoms with E-state index in [1.165, 1.54) is 16.7 Å². The van der Waals surface area contributed by atoms with Crippen LogP contribution in [0.5, 0.6) is 0 Å². The second-order valence-corrected chi connectivity index (χ2v) is 7.35. The number of aryl methyl sites for hydroxylation is 1. The molecular formula is C28H23NO2. The molecule has 3 nitrogen and oxygen atoms in total. The Labute approximate surface area is 182 Å². The number of para-hydroxylation sites is 1. The molecule has 31 heavy (non-hydrogen) atoms. The third-order valence-corrected chi connectivity index (χ3v) is 5.09. The van der Waals surface area contributed by atoms with E-state index in [4.69, 9.17) is 5.11 Å². The number of rotatable bonds is 6. The van der Waals surface area contributed by atoms with Gasteiger partial charge in [-0.2, -0.15) is 0 Å². The Morgan fingerprint density at radius 1 is 0.677 bits per heavy atom. The summed E-state index contributed by atoms with van der Waals surface area (Å²) in [5.74, 6) is -0.955. The summed E-state index contributed by atoms with van der Waals surface area (Å²) in [6.07, 6.45) is 2.74. The van der Waals surface area contributed by atoms with Crippen molar-refractivity contribution in [1.82, 2.24) is 0 Å². The highest BCUT2D eigenvalue weighted by molar-refractivity contribution is 5.85. The standard InChI is InChI=1S/C28H23NO2/c1-21-7-12-23(13-8-21)24-14-18-27(19-15-24)29(25-5-3-2-4-6-25)26-16-9-22(10-17-26)11-20-28(30)31/h2-20H,1H3,(H,30,31). The molecule has 4 rings (SSSR count). The Kier molecular flexibility index (Phi) is 5.95. The van der Waals surface area contributed by atoms with Crippen LogP contribution in [0.25, 0.3) is 17.2 Å². The highest BCUT2D eigenvalue weighted by Crippen LogP contribution is 2.35. The molecule has 0 spiro atoms. The van der Waals surface area contributed by atoms with E-state index in [-0.39, 0.29) is 0 Å². The zero-order chi connectivity index (χ0) is 21.6. The number of carbonyl (C=O) groups is 1. The predicted octanol–water partition coefficient (Wildman–Crippen LogP) is 7.23. The quantitative estimate of drug-likeness (QED) is 0.344. The Balaban J connectivity index is 1.69. The van der Waals surface area contributed by atoms with E-state index in [9.17, 15) is 4.79 Å². The number of hydrogen-bond donors (Lipinski definition) is 1. The fourth-order valence-electron chi connectivity index (χ4n) is 3.48. The van der Waals surface area contributed by atoms with E-state index in [0.29, 0.717) is 0 Å². The molecule has 0 fully saturated rings. The third kappa shape index (κ3) is 4.90. The van der Waals surface area contributed by atoms with E-state index >= 15 is 0 Å². The minimum absolute atomic E-state index is 0.842. The van der Waals surface area contributed by atoms with Gasteiger partial charge in [-0.05, 0) is 66.1 Å². The van der Waals surface area contributed by atoms with Crippen LogP contribution in [0, 0.1) is 6.92 Å². The van der Waals surface area contributed by atoms with Crippen LogP contribution in [0.2, 0.25) is 0 Å². The smallest absolute Gasteiger partial charge is 0.328 e. The van der Waals surface area contributed by atoms with Gasteiger partial charge in [0.05, 0.1) is 0 Å². The van der Waals surface area contributed by atoms with Gasteiger partial charge in [0.2, 0.25) is 0 Å². The van der Waals surface area contributed by atoms with Gasteiger partial charge >= 0.3 is 5.97 Å². The first-order valence-electron chi connectivity index (χ1n) is 10.1. The molecule has 0 bridgehead atoms. The van der Waals surface area contributed by atoms with E-state index in [2.05, 4.69) is 72.5 Å². The number of benzene rings is 4. The van der Waals surface area contributed by atoms with Crippen molar-refractivity contribution in [1.29, 1.82) is 0 Å². The maximum absolute atomic E-state index is 10.8. The Hall–Kier alpha value is -4.11. The summed E-state index contributed by atoms with van der Waals surface area (Å²) in [4.78, 5) is 13.0. The lowest BCUT2D eigenvalue weighted by molar-refractivity contribution is -0.131. The minimum Gasteiger partial charge on any atom is -0.478 e. The number of nitrogens with zero attached hydrogens (tertiary/aromatic N) is 1. The van der Waals surface area contributed by atoms with Crippen LogP contribution in [-0.2, 0) is 4.79 Å². The summed E-state index contributed by atoms with van der Waals surface area (Å²) in [7, 11) is 0. The van der Waals surface area contributed by atoms with Crippen molar-refractivity contribution in [3.8, 4) is 11.1 Å². The van der Waals surface area contributed by atoms with Crippen molar-refractivity contribution in [3.05, 3.63) is 120 Å². The molecular weight excluding hydrogens is 382 g/mol. The molecule has 0 aliphatic heterocycles. The molecule has 0 amide bonds. The third-order valence-electron chi connectivity index (χ3n) is 5.09. The molecule has 0 atom stereocenters. The van der Waals surface area contributed by atoms with Crippen molar-refractivity contribution in [3.63, 3.8) is 0 Å². The number of hydrogen-bond acceptors (Lipinski definition) is 2. The number of carboxylic acids is 1.